The van der Waals surface area contributed by atoms with Crippen LogP contribution in [0.25, 0.3) is 0 Å². The predicted octanol–water partition coefficient (Wildman–Crippen LogP) is 1.72. The van der Waals surface area contributed by atoms with Crippen molar-refractivity contribution in [3.8, 4) is 0 Å². The van der Waals surface area contributed by atoms with Gasteiger partial charge in [0.05, 0.1) is 23.2 Å². The van der Waals surface area contributed by atoms with Crippen molar-refractivity contribution in [2.24, 2.45) is 5.73 Å². The number of amides is 2. The van der Waals surface area contributed by atoms with Crippen molar-refractivity contribution < 1.29 is 22.4 Å². The highest BCUT2D eigenvalue weighted by Gasteiger charge is 2.29. The Balaban J connectivity index is 2.34. The second kappa shape index (κ2) is 7.52. The number of nitrogens with one attached hydrogen (secondary N) is 1. The highest BCUT2D eigenvalue weighted by Crippen LogP contribution is 2.22. The van der Waals surface area contributed by atoms with Gasteiger partial charge in [0.25, 0.3) is 5.91 Å². The van der Waals surface area contributed by atoms with E-state index in [1.54, 1.807) is 12.1 Å². The fourth-order valence-corrected chi connectivity index (χ4v) is 3.62. The van der Waals surface area contributed by atoms with Crippen LogP contribution in [0.1, 0.15) is 17.3 Å². The van der Waals surface area contributed by atoms with Crippen LogP contribution in [-0.4, -0.2) is 32.5 Å². The normalized spacial score (nSPS) is 12.3. The highest BCUT2D eigenvalue weighted by atomic mass is 32.2. The number of halogens is 1. The number of nitrogens with zero attached hydrogens (tertiary/aromatic N) is 1. The molecule has 9 heteroatoms. The van der Waals surface area contributed by atoms with Crippen molar-refractivity contribution in [1.82, 2.24) is 0 Å². The van der Waals surface area contributed by atoms with Gasteiger partial charge in [-0.25, -0.2) is 12.8 Å². The number of rotatable bonds is 6. The van der Waals surface area contributed by atoms with E-state index in [0.717, 1.165) is 22.7 Å². The van der Waals surface area contributed by atoms with Gasteiger partial charge < -0.3 is 11.1 Å². The van der Waals surface area contributed by atoms with Crippen LogP contribution in [0.2, 0.25) is 0 Å². The number of hydrogen-bond acceptors (Lipinski definition) is 4. The Hall–Kier alpha value is -2.94. The van der Waals surface area contributed by atoms with E-state index < -0.39 is 33.7 Å². The molecule has 0 radical (unpaired) electrons. The fourth-order valence-electron chi connectivity index (χ4n) is 2.44. The first-order chi connectivity index (χ1) is 12.1. The zero-order valence-corrected chi connectivity index (χ0v) is 15.0. The molecule has 0 bridgehead atoms. The first-order valence-corrected chi connectivity index (χ1v) is 9.40. The number of anilines is 2. The zero-order valence-electron chi connectivity index (χ0n) is 14.1. The van der Waals surface area contributed by atoms with Gasteiger partial charge >= 0.3 is 0 Å². The molecule has 0 heterocycles. The molecule has 26 heavy (non-hydrogen) atoms. The Morgan fingerprint density at radius 1 is 1.12 bits per heavy atom. The third-order valence-corrected chi connectivity index (χ3v) is 4.86. The molecular weight excluding hydrogens is 361 g/mol. The zero-order chi connectivity index (χ0) is 19.5. The topological polar surface area (TPSA) is 110 Å². The molecule has 1 atom stereocenters. The molecule has 0 spiro atoms. The van der Waals surface area contributed by atoms with E-state index in [4.69, 9.17) is 5.73 Å². The number of nitrogens with two attached hydrogens (primary N) is 1. The molecule has 7 nitrogen and oxygen atoms in total. The number of carbonyl (C=O) groups excluding carboxylic acids is 2. The maximum atomic E-state index is 13.1. The van der Waals surface area contributed by atoms with Gasteiger partial charge in [-0.15, -0.1) is 0 Å². The molecule has 0 aliphatic heterocycles. The van der Waals surface area contributed by atoms with Crippen LogP contribution in [0.3, 0.4) is 0 Å². The van der Waals surface area contributed by atoms with E-state index in [9.17, 15) is 22.4 Å². The lowest BCUT2D eigenvalue weighted by Crippen LogP contribution is -2.45. The lowest BCUT2D eigenvalue weighted by molar-refractivity contribution is -0.116. The largest absolute Gasteiger partial charge is 0.366 e. The van der Waals surface area contributed by atoms with Gasteiger partial charge in [-0.05, 0) is 43.3 Å². The van der Waals surface area contributed by atoms with Crippen molar-refractivity contribution >= 4 is 33.2 Å². The number of carbonyl (C=O) groups is 2. The number of sulfonamides is 1. The molecule has 2 aromatic rings. The van der Waals surface area contributed by atoms with Crippen LogP contribution < -0.4 is 15.4 Å². The summed E-state index contributed by atoms with van der Waals surface area (Å²) in [6, 6.07) is 9.67. The minimum absolute atomic E-state index is 0.0979. The minimum Gasteiger partial charge on any atom is -0.366 e. The lowest BCUT2D eigenvalue weighted by atomic mass is 10.1. The number of benzene rings is 2. The Morgan fingerprint density at radius 3 is 2.23 bits per heavy atom. The molecule has 138 valence electrons. The van der Waals surface area contributed by atoms with Crippen molar-refractivity contribution in [2.45, 2.75) is 13.0 Å². The molecular formula is C17H18FN3O4S. The monoisotopic (exact) mass is 379 g/mol. The maximum Gasteiger partial charge on any atom is 0.250 e. The molecule has 0 fully saturated rings. The summed E-state index contributed by atoms with van der Waals surface area (Å²) in [5.41, 5.74) is 5.68. The molecule has 3 N–H and O–H groups in total. The highest BCUT2D eigenvalue weighted by molar-refractivity contribution is 7.92. The first-order valence-electron chi connectivity index (χ1n) is 7.56. The van der Waals surface area contributed by atoms with E-state index in [1.807, 2.05) is 0 Å². The van der Waals surface area contributed by atoms with Crippen molar-refractivity contribution in [3.05, 3.63) is 59.9 Å². The predicted molar refractivity (Wildman–Crippen MR) is 96.8 cm³/mol. The summed E-state index contributed by atoms with van der Waals surface area (Å²) >= 11 is 0. The molecule has 0 aromatic heterocycles. The Bertz CT molecular complexity index is 929. The lowest BCUT2D eigenvalue weighted by Gasteiger charge is -2.28. The molecule has 0 saturated carbocycles. The third-order valence-electron chi connectivity index (χ3n) is 3.62. The van der Waals surface area contributed by atoms with Crippen molar-refractivity contribution in [1.29, 1.82) is 0 Å². The van der Waals surface area contributed by atoms with Gasteiger partial charge in [0.15, 0.2) is 0 Å². The Kier molecular flexibility index (Phi) is 5.61. The average molecular weight is 379 g/mol. The van der Waals surface area contributed by atoms with Gasteiger partial charge in [-0.3, -0.25) is 13.9 Å². The quantitative estimate of drug-likeness (QED) is 0.796. The standard InChI is InChI=1S/C17H18FN3O4S/c1-11(17(23)20-15-6-4-3-5-14(15)16(19)22)21(26(2,24)25)13-9-7-12(18)8-10-13/h3-11H,1-2H3,(H2,19,22)(H,20,23). The molecule has 2 rings (SSSR count). The summed E-state index contributed by atoms with van der Waals surface area (Å²) in [6.07, 6.45) is 0.942. The van der Waals surface area contributed by atoms with Crippen LogP contribution in [0, 0.1) is 5.82 Å². The summed E-state index contributed by atoms with van der Waals surface area (Å²) in [6.45, 7) is 1.38. The summed E-state index contributed by atoms with van der Waals surface area (Å²) < 4.78 is 38.3. The first kappa shape index (κ1) is 19.4. The number of hydrogen-bond donors (Lipinski definition) is 2. The third kappa shape index (κ3) is 4.37. The SMILES string of the molecule is CC(C(=O)Nc1ccccc1C(N)=O)N(c1ccc(F)cc1)S(C)(=O)=O. The summed E-state index contributed by atoms with van der Waals surface area (Å²) in [7, 11) is -3.84. The van der Waals surface area contributed by atoms with E-state index in [2.05, 4.69) is 5.32 Å². The van der Waals surface area contributed by atoms with Gasteiger partial charge in [0, 0.05) is 0 Å². The second-order valence-electron chi connectivity index (χ2n) is 5.61. The summed E-state index contributed by atoms with van der Waals surface area (Å²) in [5.74, 6) is -1.94. The van der Waals surface area contributed by atoms with Crippen molar-refractivity contribution in [2.75, 3.05) is 15.9 Å². The van der Waals surface area contributed by atoms with Crippen LogP contribution in [-0.2, 0) is 14.8 Å². The molecule has 1 unspecified atom stereocenters. The fraction of sp³-hybridized carbons (Fsp3) is 0.176. The van der Waals surface area contributed by atoms with Crippen LogP contribution >= 0.6 is 0 Å². The van der Waals surface area contributed by atoms with E-state index >= 15 is 0 Å². The van der Waals surface area contributed by atoms with Gasteiger partial charge in [0.2, 0.25) is 15.9 Å². The number of primary amides is 1. The average Bonchev–Trinajstić information content (AvgIpc) is 2.55. The maximum absolute atomic E-state index is 13.1. The summed E-state index contributed by atoms with van der Waals surface area (Å²) in [4.78, 5) is 24.0. The van der Waals surface area contributed by atoms with Crippen LogP contribution in [0.4, 0.5) is 15.8 Å². The molecule has 2 aromatic carbocycles. The molecule has 0 saturated heterocycles. The smallest absolute Gasteiger partial charge is 0.250 e. The number of para-hydroxylation sites is 1. The molecule has 2 amide bonds. The Morgan fingerprint density at radius 2 is 1.69 bits per heavy atom. The van der Waals surface area contributed by atoms with E-state index in [-0.39, 0.29) is 16.9 Å². The molecule has 0 aliphatic rings. The summed E-state index contributed by atoms with van der Waals surface area (Å²) in [5, 5.41) is 2.51. The Labute approximate surface area is 150 Å². The van der Waals surface area contributed by atoms with Crippen LogP contribution in [0.5, 0.6) is 0 Å². The van der Waals surface area contributed by atoms with Crippen molar-refractivity contribution in [3.63, 3.8) is 0 Å². The minimum atomic E-state index is -3.84. The molecule has 0 aliphatic carbocycles. The van der Waals surface area contributed by atoms with E-state index in [1.165, 1.54) is 31.2 Å². The van der Waals surface area contributed by atoms with Gasteiger partial charge in [0.1, 0.15) is 11.9 Å². The van der Waals surface area contributed by atoms with Gasteiger partial charge in [-0.2, -0.15) is 0 Å². The van der Waals surface area contributed by atoms with Crippen LogP contribution in [0.15, 0.2) is 48.5 Å². The van der Waals surface area contributed by atoms with Gasteiger partial charge in [-0.1, -0.05) is 12.1 Å². The van der Waals surface area contributed by atoms with E-state index in [0.29, 0.717) is 0 Å². The second-order valence-corrected chi connectivity index (χ2v) is 7.47.